The van der Waals surface area contributed by atoms with E-state index in [2.05, 4.69) is 19.7 Å². The molecule has 0 unspecified atom stereocenters. The minimum absolute atomic E-state index is 0.103. The first kappa shape index (κ1) is 19.1. The number of aromatic nitrogens is 4. The van der Waals surface area contributed by atoms with Gasteiger partial charge in [0.25, 0.3) is 0 Å². The van der Waals surface area contributed by atoms with Crippen LogP contribution in [-0.4, -0.2) is 31.3 Å². The summed E-state index contributed by atoms with van der Waals surface area (Å²) >= 11 is 1.40. The summed E-state index contributed by atoms with van der Waals surface area (Å²) in [6.45, 7) is 4.64. The molecule has 148 valence electrons. The lowest BCUT2D eigenvalue weighted by atomic mass is 10.0. The Labute approximate surface area is 169 Å². The maximum absolute atomic E-state index is 12.8. The van der Waals surface area contributed by atoms with Gasteiger partial charge in [0.15, 0.2) is 5.78 Å². The van der Waals surface area contributed by atoms with Crippen molar-refractivity contribution in [2.45, 2.75) is 57.7 Å². The van der Waals surface area contributed by atoms with Crippen molar-refractivity contribution >= 4 is 17.5 Å². The number of carbonyl (C=O) groups is 1. The first-order valence-electron chi connectivity index (χ1n) is 9.86. The molecule has 3 aromatic rings. The van der Waals surface area contributed by atoms with Crippen LogP contribution in [0.15, 0.2) is 34.0 Å². The Hall–Kier alpha value is -2.28. The van der Waals surface area contributed by atoms with Crippen LogP contribution >= 0.6 is 11.8 Å². The Bertz CT molecular complexity index is 936. The van der Waals surface area contributed by atoms with Crippen molar-refractivity contribution in [3.63, 3.8) is 0 Å². The molecule has 1 fully saturated rings. The van der Waals surface area contributed by atoms with Gasteiger partial charge in [0.1, 0.15) is 11.6 Å². The first-order valence-corrected chi connectivity index (χ1v) is 10.8. The standard InChI is InChI=1S/C21H26N4O2S/c1-14-10-18(15(2)25(14)12-17-8-5-9-27-17)19(26)13-28-21-22-20(23-24-21)11-16-6-3-4-7-16/h5,8-10,16H,3-4,6-7,11-13H2,1-2H3,(H,22,23,24). The lowest BCUT2D eigenvalue weighted by molar-refractivity contribution is 0.102. The second kappa shape index (κ2) is 8.39. The predicted molar refractivity (Wildman–Crippen MR) is 109 cm³/mol. The molecule has 0 bridgehead atoms. The monoisotopic (exact) mass is 398 g/mol. The molecule has 28 heavy (non-hydrogen) atoms. The van der Waals surface area contributed by atoms with E-state index in [-0.39, 0.29) is 5.78 Å². The van der Waals surface area contributed by atoms with Crippen molar-refractivity contribution in [2.75, 3.05) is 5.75 Å². The van der Waals surface area contributed by atoms with Crippen LogP contribution < -0.4 is 0 Å². The number of nitrogens with one attached hydrogen (secondary N) is 1. The molecule has 0 atom stereocenters. The molecule has 0 aliphatic heterocycles. The number of hydrogen-bond donors (Lipinski definition) is 1. The van der Waals surface area contributed by atoms with Crippen LogP contribution in [0.4, 0.5) is 0 Å². The molecular weight excluding hydrogens is 372 g/mol. The molecule has 3 aromatic heterocycles. The quantitative estimate of drug-likeness (QED) is 0.444. The number of furan rings is 1. The van der Waals surface area contributed by atoms with Crippen LogP contribution in [0.5, 0.6) is 0 Å². The Kier molecular flexibility index (Phi) is 5.71. The number of hydrogen-bond acceptors (Lipinski definition) is 5. The zero-order valence-corrected chi connectivity index (χ0v) is 17.2. The molecule has 1 aliphatic carbocycles. The second-order valence-electron chi connectivity index (χ2n) is 7.58. The minimum Gasteiger partial charge on any atom is -0.467 e. The summed E-state index contributed by atoms with van der Waals surface area (Å²) in [6, 6.07) is 5.79. The molecule has 1 aliphatic rings. The van der Waals surface area contributed by atoms with Crippen LogP contribution in [0.2, 0.25) is 0 Å². The number of thioether (sulfide) groups is 1. The molecule has 7 heteroatoms. The van der Waals surface area contributed by atoms with Crippen LogP contribution in [0, 0.1) is 19.8 Å². The molecule has 6 nitrogen and oxygen atoms in total. The van der Waals surface area contributed by atoms with E-state index in [1.165, 1.54) is 37.4 Å². The third-order valence-electron chi connectivity index (χ3n) is 5.57. The third-order valence-corrected chi connectivity index (χ3v) is 6.42. The van der Waals surface area contributed by atoms with Crippen LogP contribution in [0.3, 0.4) is 0 Å². The van der Waals surface area contributed by atoms with Gasteiger partial charge in [-0.2, -0.15) is 0 Å². The van der Waals surface area contributed by atoms with Gasteiger partial charge in [-0.05, 0) is 38.0 Å². The number of nitrogens with zero attached hydrogens (tertiary/aromatic N) is 3. The highest BCUT2D eigenvalue weighted by Crippen LogP contribution is 2.27. The number of aryl methyl sites for hydroxylation is 1. The van der Waals surface area contributed by atoms with E-state index in [0.29, 0.717) is 17.5 Å². The van der Waals surface area contributed by atoms with Crippen molar-refractivity contribution in [1.29, 1.82) is 0 Å². The highest BCUT2D eigenvalue weighted by Gasteiger charge is 2.19. The number of Topliss-reactive ketones (excluding diaryl/α,β-unsaturated/α-hetero) is 1. The second-order valence-corrected chi connectivity index (χ2v) is 8.52. The molecule has 0 amide bonds. The predicted octanol–water partition coefficient (Wildman–Crippen LogP) is 4.57. The van der Waals surface area contributed by atoms with Crippen molar-refractivity contribution in [2.24, 2.45) is 5.92 Å². The summed E-state index contributed by atoms with van der Waals surface area (Å²) in [7, 11) is 0. The Morgan fingerprint density at radius 3 is 2.93 bits per heavy atom. The van der Waals surface area contributed by atoms with Gasteiger partial charge < -0.3 is 8.98 Å². The molecule has 1 N–H and O–H groups in total. The average molecular weight is 399 g/mol. The summed E-state index contributed by atoms with van der Waals surface area (Å²) < 4.78 is 7.56. The van der Waals surface area contributed by atoms with Gasteiger partial charge in [-0.15, -0.1) is 5.10 Å². The molecule has 0 spiro atoms. The minimum atomic E-state index is 0.103. The number of carbonyl (C=O) groups excluding carboxylic acids is 1. The molecule has 0 radical (unpaired) electrons. The van der Waals surface area contributed by atoms with Crippen molar-refractivity contribution in [3.8, 4) is 0 Å². The van der Waals surface area contributed by atoms with E-state index in [1.54, 1.807) is 6.26 Å². The highest BCUT2D eigenvalue weighted by atomic mass is 32.2. The molecular formula is C21H26N4O2S. The van der Waals surface area contributed by atoms with Gasteiger partial charge in [-0.1, -0.05) is 37.4 Å². The number of ketones is 1. The summed E-state index contributed by atoms with van der Waals surface area (Å²) in [5, 5.41) is 7.97. The average Bonchev–Trinajstić information content (AvgIpc) is 3.47. The first-order chi connectivity index (χ1) is 13.6. The van der Waals surface area contributed by atoms with E-state index < -0.39 is 0 Å². The molecule has 3 heterocycles. The fourth-order valence-corrected chi connectivity index (χ4v) is 4.72. The SMILES string of the molecule is Cc1cc(C(=O)CSc2n[nH]c(CC3CCCC3)n2)c(C)n1Cc1ccco1. The zero-order valence-electron chi connectivity index (χ0n) is 16.4. The van der Waals surface area contributed by atoms with Crippen molar-refractivity contribution in [3.05, 3.63) is 53.0 Å². The van der Waals surface area contributed by atoms with E-state index in [4.69, 9.17) is 4.42 Å². The van der Waals surface area contributed by atoms with Gasteiger partial charge in [0.05, 0.1) is 18.6 Å². The maximum atomic E-state index is 12.8. The van der Waals surface area contributed by atoms with Crippen LogP contribution in [0.1, 0.15) is 59.0 Å². The van der Waals surface area contributed by atoms with E-state index >= 15 is 0 Å². The fraction of sp³-hybridized carbons (Fsp3) is 0.476. The third kappa shape index (κ3) is 4.24. The maximum Gasteiger partial charge on any atom is 0.208 e. The number of H-pyrrole nitrogens is 1. The Morgan fingerprint density at radius 2 is 2.18 bits per heavy atom. The van der Waals surface area contributed by atoms with Gasteiger partial charge >= 0.3 is 0 Å². The van der Waals surface area contributed by atoms with Crippen LogP contribution in [-0.2, 0) is 13.0 Å². The smallest absolute Gasteiger partial charge is 0.208 e. The lowest BCUT2D eigenvalue weighted by Crippen LogP contribution is -2.07. The lowest BCUT2D eigenvalue weighted by Gasteiger charge is -2.07. The Balaban J connectivity index is 1.37. The fourth-order valence-electron chi connectivity index (χ4n) is 4.01. The zero-order chi connectivity index (χ0) is 19.5. The van der Waals surface area contributed by atoms with E-state index in [0.717, 1.165) is 40.9 Å². The normalized spacial score (nSPS) is 14.8. The summed E-state index contributed by atoms with van der Waals surface area (Å²) in [5.74, 6) is 2.99. The van der Waals surface area contributed by atoms with Gasteiger partial charge in [0.2, 0.25) is 5.16 Å². The molecule has 0 aromatic carbocycles. The number of rotatable bonds is 8. The summed E-state index contributed by atoms with van der Waals surface area (Å²) in [5.41, 5.74) is 2.79. The summed E-state index contributed by atoms with van der Waals surface area (Å²) in [4.78, 5) is 17.3. The highest BCUT2D eigenvalue weighted by molar-refractivity contribution is 7.99. The van der Waals surface area contributed by atoms with Crippen molar-refractivity contribution < 1.29 is 9.21 Å². The molecule has 1 saturated carbocycles. The number of aromatic amines is 1. The van der Waals surface area contributed by atoms with E-state index in [1.807, 2.05) is 32.0 Å². The van der Waals surface area contributed by atoms with Gasteiger partial charge in [0, 0.05) is 23.4 Å². The summed E-state index contributed by atoms with van der Waals surface area (Å²) in [6.07, 6.45) is 7.87. The molecule has 4 rings (SSSR count). The Morgan fingerprint density at radius 1 is 1.36 bits per heavy atom. The largest absolute Gasteiger partial charge is 0.467 e. The van der Waals surface area contributed by atoms with Crippen molar-refractivity contribution in [1.82, 2.24) is 19.7 Å². The van der Waals surface area contributed by atoms with Gasteiger partial charge in [-0.3, -0.25) is 9.89 Å². The van der Waals surface area contributed by atoms with Crippen LogP contribution in [0.25, 0.3) is 0 Å². The topological polar surface area (TPSA) is 76.7 Å². The van der Waals surface area contributed by atoms with E-state index in [9.17, 15) is 4.79 Å². The van der Waals surface area contributed by atoms with Gasteiger partial charge in [-0.25, -0.2) is 4.98 Å². The molecule has 0 saturated heterocycles.